The van der Waals surface area contributed by atoms with Crippen molar-refractivity contribution >= 4 is 5.91 Å². The van der Waals surface area contributed by atoms with Gasteiger partial charge in [0.05, 0.1) is 6.61 Å². The number of nitrogens with one attached hydrogen (secondary N) is 1. The molecule has 100 valence electrons. The summed E-state index contributed by atoms with van der Waals surface area (Å²) in [4.78, 5) is 11.9. The molecule has 2 rings (SSSR count). The number of hydrogen-bond acceptors (Lipinski definition) is 3. The van der Waals surface area contributed by atoms with Gasteiger partial charge in [0.2, 0.25) is 5.91 Å². The molecule has 0 aromatic carbocycles. The normalized spacial score (nSPS) is 27.3. The average molecular weight is 251 g/mol. The molecule has 5 nitrogen and oxygen atoms in total. The van der Waals surface area contributed by atoms with Crippen molar-refractivity contribution in [1.82, 2.24) is 15.1 Å². The van der Waals surface area contributed by atoms with Crippen molar-refractivity contribution in [1.29, 1.82) is 0 Å². The molecule has 1 amide bonds. The first-order valence-electron chi connectivity index (χ1n) is 6.52. The number of aryl methyl sites for hydroxylation is 1. The number of aliphatic hydroxyl groups is 1. The standard InChI is InChI=1S/C13H21N3O2/c1-13(10-17)6-2-4-11(13)15-12(18)5-9-16-8-3-7-14-16/h3,7-8,11,17H,2,4-6,9-10H2,1H3,(H,15,18). The molecule has 0 bridgehead atoms. The number of amides is 1. The summed E-state index contributed by atoms with van der Waals surface area (Å²) in [6.07, 6.45) is 7.00. The topological polar surface area (TPSA) is 67.2 Å². The Balaban J connectivity index is 1.80. The van der Waals surface area contributed by atoms with Gasteiger partial charge in [-0.1, -0.05) is 13.3 Å². The van der Waals surface area contributed by atoms with E-state index >= 15 is 0 Å². The molecule has 1 aromatic heterocycles. The maximum Gasteiger partial charge on any atom is 0.222 e. The predicted octanol–water partition coefficient (Wildman–Crippen LogP) is 0.940. The van der Waals surface area contributed by atoms with Crippen LogP contribution in [0.5, 0.6) is 0 Å². The molecule has 0 aliphatic heterocycles. The minimum absolute atomic E-state index is 0.0390. The first-order chi connectivity index (χ1) is 8.64. The predicted molar refractivity (Wildman–Crippen MR) is 67.8 cm³/mol. The Labute approximate surface area is 107 Å². The van der Waals surface area contributed by atoms with E-state index in [1.807, 2.05) is 19.2 Å². The zero-order valence-electron chi connectivity index (χ0n) is 10.8. The second-order valence-electron chi connectivity index (χ2n) is 5.34. The quantitative estimate of drug-likeness (QED) is 0.818. The van der Waals surface area contributed by atoms with Crippen LogP contribution in [0.4, 0.5) is 0 Å². The van der Waals surface area contributed by atoms with Crippen LogP contribution in [0.15, 0.2) is 18.5 Å². The molecule has 1 aromatic rings. The number of carbonyl (C=O) groups excluding carboxylic acids is 1. The molecular weight excluding hydrogens is 230 g/mol. The van der Waals surface area contributed by atoms with Gasteiger partial charge in [0.1, 0.15) is 0 Å². The van der Waals surface area contributed by atoms with Crippen molar-refractivity contribution in [3.05, 3.63) is 18.5 Å². The maximum absolute atomic E-state index is 11.9. The van der Waals surface area contributed by atoms with Crippen LogP contribution in [0.3, 0.4) is 0 Å². The van der Waals surface area contributed by atoms with Gasteiger partial charge >= 0.3 is 0 Å². The molecule has 2 unspecified atom stereocenters. The fraction of sp³-hybridized carbons (Fsp3) is 0.692. The minimum atomic E-state index is -0.151. The molecule has 0 saturated heterocycles. The summed E-state index contributed by atoms with van der Waals surface area (Å²) >= 11 is 0. The van der Waals surface area contributed by atoms with E-state index in [1.54, 1.807) is 10.9 Å². The van der Waals surface area contributed by atoms with Gasteiger partial charge in [0.15, 0.2) is 0 Å². The van der Waals surface area contributed by atoms with Crippen LogP contribution in [0.1, 0.15) is 32.6 Å². The van der Waals surface area contributed by atoms with Gasteiger partial charge in [-0.2, -0.15) is 5.10 Å². The van der Waals surface area contributed by atoms with Crippen LogP contribution >= 0.6 is 0 Å². The summed E-state index contributed by atoms with van der Waals surface area (Å²) in [7, 11) is 0. The first kappa shape index (κ1) is 13.1. The summed E-state index contributed by atoms with van der Waals surface area (Å²) < 4.78 is 1.75. The third-order valence-electron chi connectivity index (χ3n) is 3.91. The smallest absolute Gasteiger partial charge is 0.222 e. The van der Waals surface area contributed by atoms with Gasteiger partial charge in [-0.05, 0) is 18.9 Å². The summed E-state index contributed by atoms with van der Waals surface area (Å²) in [5.41, 5.74) is -0.151. The Hall–Kier alpha value is -1.36. The van der Waals surface area contributed by atoms with E-state index in [0.29, 0.717) is 13.0 Å². The number of rotatable bonds is 5. The molecule has 0 spiro atoms. The molecule has 1 saturated carbocycles. The van der Waals surface area contributed by atoms with Crippen LogP contribution in [-0.4, -0.2) is 33.4 Å². The summed E-state index contributed by atoms with van der Waals surface area (Å²) in [5.74, 6) is 0.0390. The number of aromatic nitrogens is 2. The Kier molecular flexibility index (Phi) is 4.01. The number of aliphatic hydroxyl groups excluding tert-OH is 1. The highest BCUT2D eigenvalue weighted by molar-refractivity contribution is 5.76. The minimum Gasteiger partial charge on any atom is -0.396 e. The molecule has 18 heavy (non-hydrogen) atoms. The lowest BCUT2D eigenvalue weighted by Gasteiger charge is -2.30. The van der Waals surface area contributed by atoms with Gasteiger partial charge in [-0.3, -0.25) is 9.48 Å². The van der Waals surface area contributed by atoms with E-state index in [1.165, 1.54) is 0 Å². The molecule has 1 aliphatic rings. The lowest BCUT2D eigenvalue weighted by Crippen LogP contribution is -2.44. The molecule has 1 aliphatic carbocycles. The highest BCUT2D eigenvalue weighted by Gasteiger charge is 2.38. The Bertz CT molecular complexity index is 391. The van der Waals surface area contributed by atoms with Gasteiger partial charge in [-0.15, -0.1) is 0 Å². The summed E-state index contributed by atoms with van der Waals surface area (Å²) in [6.45, 7) is 2.77. The van der Waals surface area contributed by atoms with Gasteiger partial charge in [-0.25, -0.2) is 0 Å². The molecule has 2 atom stereocenters. The molecular formula is C13H21N3O2. The van der Waals surface area contributed by atoms with Crippen molar-refractivity contribution in [3.63, 3.8) is 0 Å². The highest BCUT2D eigenvalue weighted by atomic mass is 16.3. The largest absolute Gasteiger partial charge is 0.396 e. The van der Waals surface area contributed by atoms with Crippen molar-refractivity contribution in [2.45, 2.75) is 45.2 Å². The monoisotopic (exact) mass is 251 g/mol. The van der Waals surface area contributed by atoms with E-state index in [0.717, 1.165) is 19.3 Å². The van der Waals surface area contributed by atoms with E-state index in [4.69, 9.17) is 0 Å². The van der Waals surface area contributed by atoms with Crippen LogP contribution < -0.4 is 5.32 Å². The SMILES string of the molecule is CC1(CO)CCCC1NC(=O)CCn1cccn1. The molecule has 1 heterocycles. The van der Waals surface area contributed by atoms with Crippen LogP contribution in [0.25, 0.3) is 0 Å². The average Bonchev–Trinajstić information content (AvgIpc) is 2.98. The van der Waals surface area contributed by atoms with Crippen LogP contribution in [0.2, 0.25) is 0 Å². The van der Waals surface area contributed by atoms with Gasteiger partial charge in [0.25, 0.3) is 0 Å². The van der Waals surface area contributed by atoms with Crippen molar-refractivity contribution in [3.8, 4) is 0 Å². The van der Waals surface area contributed by atoms with Gasteiger partial charge < -0.3 is 10.4 Å². The second kappa shape index (κ2) is 5.52. The van der Waals surface area contributed by atoms with Crippen LogP contribution in [-0.2, 0) is 11.3 Å². The Morgan fingerprint density at radius 1 is 1.67 bits per heavy atom. The zero-order chi connectivity index (χ0) is 13.0. The highest BCUT2D eigenvalue weighted by Crippen LogP contribution is 2.37. The lowest BCUT2D eigenvalue weighted by molar-refractivity contribution is -0.122. The first-order valence-corrected chi connectivity index (χ1v) is 6.52. The number of hydrogen-bond donors (Lipinski definition) is 2. The summed E-state index contributed by atoms with van der Waals surface area (Å²) in [5, 5.41) is 16.5. The van der Waals surface area contributed by atoms with Crippen molar-refractivity contribution < 1.29 is 9.90 Å². The molecule has 0 radical (unpaired) electrons. The van der Waals surface area contributed by atoms with Crippen LogP contribution in [0, 0.1) is 5.41 Å². The van der Waals surface area contributed by atoms with E-state index in [-0.39, 0.29) is 24.0 Å². The molecule has 5 heteroatoms. The zero-order valence-corrected chi connectivity index (χ0v) is 10.8. The third-order valence-corrected chi connectivity index (χ3v) is 3.91. The Morgan fingerprint density at radius 3 is 3.17 bits per heavy atom. The fourth-order valence-electron chi connectivity index (χ4n) is 2.58. The fourth-order valence-corrected chi connectivity index (χ4v) is 2.58. The van der Waals surface area contributed by atoms with E-state index < -0.39 is 0 Å². The van der Waals surface area contributed by atoms with E-state index in [9.17, 15) is 9.90 Å². The van der Waals surface area contributed by atoms with Crippen molar-refractivity contribution in [2.75, 3.05) is 6.61 Å². The second-order valence-corrected chi connectivity index (χ2v) is 5.34. The molecule has 1 fully saturated rings. The van der Waals surface area contributed by atoms with Gasteiger partial charge in [0, 0.05) is 36.8 Å². The van der Waals surface area contributed by atoms with Crippen molar-refractivity contribution in [2.24, 2.45) is 5.41 Å². The Morgan fingerprint density at radius 2 is 2.50 bits per heavy atom. The van der Waals surface area contributed by atoms with E-state index in [2.05, 4.69) is 10.4 Å². The number of carbonyl (C=O) groups is 1. The molecule has 2 N–H and O–H groups in total. The third kappa shape index (κ3) is 2.90. The summed E-state index contributed by atoms with van der Waals surface area (Å²) in [6, 6.07) is 1.95. The lowest BCUT2D eigenvalue weighted by atomic mass is 9.86. The maximum atomic E-state index is 11.9. The number of nitrogens with zero attached hydrogens (tertiary/aromatic N) is 2.